The molecule has 80 valence electrons. The Balaban J connectivity index is 2.25. The van der Waals surface area contributed by atoms with Gasteiger partial charge in [0.15, 0.2) is 0 Å². The minimum Gasteiger partial charge on any atom is -0.381 e. The summed E-state index contributed by atoms with van der Waals surface area (Å²) < 4.78 is 22.4. The van der Waals surface area contributed by atoms with Gasteiger partial charge in [-0.05, 0) is 6.92 Å². The molecule has 0 aromatic heterocycles. The van der Waals surface area contributed by atoms with Crippen molar-refractivity contribution in [3.05, 3.63) is 0 Å². The van der Waals surface area contributed by atoms with Crippen molar-refractivity contribution >= 4 is 30.9 Å². The van der Waals surface area contributed by atoms with Gasteiger partial charge in [-0.15, -0.1) is 0 Å². The second-order valence-corrected chi connectivity index (χ2v) is 4.47. The molecule has 0 aromatic rings. The molecular weight excluding hydrogens is 298 g/mol. The van der Waals surface area contributed by atoms with Crippen LogP contribution in [0.5, 0.6) is 0 Å². The second-order valence-electron chi connectivity index (χ2n) is 3.96. The molecule has 2 rings (SSSR count). The number of methoxy groups -OCH3 is 1. The number of hydrogen-bond donors (Lipinski definition) is 0. The van der Waals surface area contributed by atoms with Crippen molar-refractivity contribution in [1.82, 2.24) is 0 Å². The van der Waals surface area contributed by atoms with Crippen molar-refractivity contribution in [1.29, 1.82) is 0 Å². The molecule has 5 atom stereocenters. The van der Waals surface area contributed by atoms with Crippen LogP contribution in [0.1, 0.15) is 6.92 Å². The summed E-state index contributed by atoms with van der Waals surface area (Å²) >= 11 is 1.91. The second kappa shape index (κ2) is 3.90. The van der Waals surface area contributed by atoms with E-state index in [4.69, 9.17) is 17.3 Å². The van der Waals surface area contributed by atoms with Crippen LogP contribution in [-0.2, 0) is 17.3 Å². The molecule has 4 nitrogen and oxygen atoms in total. The molecule has 14 heavy (non-hydrogen) atoms. The lowest BCUT2D eigenvalue weighted by atomic mass is 9.91. The highest BCUT2D eigenvalue weighted by Crippen LogP contribution is 2.45. The molecule has 0 amide bonds. The Labute approximate surface area is 98.7 Å². The van der Waals surface area contributed by atoms with E-state index in [0.717, 1.165) is 0 Å². The highest BCUT2D eigenvalue weighted by molar-refractivity contribution is 14.1. The lowest BCUT2D eigenvalue weighted by Crippen LogP contribution is -2.50. The Kier molecular flexibility index (Phi) is 3.10. The summed E-state index contributed by atoms with van der Waals surface area (Å²) in [7, 11) is 3.68. The van der Waals surface area contributed by atoms with Crippen LogP contribution in [0.15, 0.2) is 0 Å². The van der Waals surface area contributed by atoms with Crippen molar-refractivity contribution in [3.8, 4) is 0 Å². The largest absolute Gasteiger partial charge is 0.381 e. The molecule has 2 aliphatic rings. The summed E-state index contributed by atoms with van der Waals surface area (Å²) in [5.74, 6) is 0. The van der Waals surface area contributed by atoms with Crippen molar-refractivity contribution in [3.63, 3.8) is 0 Å². The van der Waals surface area contributed by atoms with Crippen LogP contribution in [0.3, 0.4) is 0 Å². The molecule has 2 saturated heterocycles. The van der Waals surface area contributed by atoms with Crippen LogP contribution in [0.2, 0.25) is 0 Å². The maximum atomic E-state index is 5.92. The van der Waals surface area contributed by atoms with Gasteiger partial charge < -0.3 is 17.3 Å². The van der Waals surface area contributed by atoms with Gasteiger partial charge in [0, 0.05) is 7.11 Å². The van der Waals surface area contributed by atoms with Gasteiger partial charge in [0.2, 0.25) is 0 Å². The smallest absolute Gasteiger partial charge is 0.146 e. The molecule has 0 spiro atoms. The fourth-order valence-corrected chi connectivity index (χ4v) is 3.17. The molecule has 6 heteroatoms. The summed E-state index contributed by atoms with van der Waals surface area (Å²) in [4.78, 5) is 0. The quantitative estimate of drug-likeness (QED) is 0.538. The van der Waals surface area contributed by atoms with Crippen LogP contribution in [0.4, 0.5) is 0 Å². The molecular formula is C8H14BIO4. The SMILES string of the molecule is BC1OC2(COC)C(C)OC1C2OI. The topological polar surface area (TPSA) is 36.9 Å². The predicted octanol–water partition coefficient (Wildman–Crippen LogP) is -0.117. The highest BCUT2D eigenvalue weighted by Gasteiger charge is 2.64. The van der Waals surface area contributed by atoms with E-state index < -0.39 is 5.60 Å². The van der Waals surface area contributed by atoms with E-state index in [1.54, 1.807) is 7.11 Å². The first-order valence-electron chi connectivity index (χ1n) is 4.75. The number of hydrogen-bond acceptors (Lipinski definition) is 4. The third-order valence-corrected chi connectivity index (χ3v) is 3.71. The highest BCUT2D eigenvalue weighted by atomic mass is 127. The normalized spacial score (nSPS) is 51.4. The minimum absolute atomic E-state index is 0.0203. The Bertz CT molecular complexity index is 229. The zero-order chi connectivity index (χ0) is 10.3. The number of halogens is 1. The lowest BCUT2D eigenvalue weighted by molar-refractivity contribution is -0.175. The van der Waals surface area contributed by atoms with Gasteiger partial charge in [-0.25, -0.2) is 0 Å². The van der Waals surface area contributed by atoms with E-state index in [1.165, 1.54) is 0 Å². The van der Waals surface area contributed by atoms with Gasteiger partial charge in [0.1, 0.15) is 48.7 Å². The monoisotopic (exact) mass is 312 g/mol. The van der Waals surface area contributed by atoms with Crippen molar-refractivity contribution in [2.45, 2.75) is 36.8 Å². The van der Waals surface area contributed by atoms with Crippen LogP contribution >= 0.6 is 23.0 Å². The van der Waals surface area contributed by atoms with Crippen LogP contribution < -0.4 is 0 Å². The molecule has 2 bridgehead atoms. The van der Waals surface area contributed by atoms with E-state index in [9.17, 15) is 0 Å². The van der Waals surface area contributed by atoms with Gasteiger partial charge in [0.05, 0.1) is 18.7 Å². The number of ether oxygens (including phenoxy) is 3. The summed E-state index contributed by atoms with van der Waals surface area (Å²) in [5, 5.41) is 0. The molecule has 0 aromatic carbocycles. The third-order valence-electron chi connectivity index (χ3n) is 3.16. The number of rotatable bonds is 3. The lowest BCUT2D eigenvalue weighted by Gasteiger charge is -2.34. The van der Waals surface area contributed by atoms with Gasteiger partial charge in [-0.1, -0.05) is 0 Å². The molecule has 2 fully saturated rings. The van der Waals surface area contributed by atoms with E-state index in [-0.39, 0.29) is 24.3 Å². The van der Waals surface area contributed by atoms with Crippen LogP contribution in [0, 0.1) is 0 Å². The zero-order valence-electron chi connectivity index (χ0n) is 8.53. The van der Waals surface area contributed by atoms with E-state index >= 15 is 0 Å². The Morgan fingerprint density at radius 1 is 1.57 bits per heavy atom. The van der Waals surface area contributed by atoms with Gasteiger partial charge >= 0.3 is 0 Å². The average molecular weight is 312 g/mol. The average Bonchev–Trinajstić information content (AvgIpc) is 2.54. The maximum Gasteiger partial charge on any atom is 0.146 e. The van der Waals surface area contributed by atoms with Crippen LogP contribution in [-0.4, -0.2) is 51.5 Å². The molecule has 2 heterocycles. The van der Waals surface area contributed by atoms with Crippen molar-refractivity contribution in [2.75, 3.05) is 13.7 Å². The van der Waals surface area contributed by atoms with E-state index in [0.29, 0.717) is 6.61 Å². The summed E-state index contributed by atoms with van der Waals surface area (Å²) in [6.07, 6.45) is 0.0496. The van der Waals surface area contributed by atoms with E-state index in [1.807, 2.05) is 37.8 Å². The summed E-state index contributed by atoms with van der Waals surface area (Å²) in [6, 6.07) is 0.0844. The van der Waals surface area contributed by atoms with Gasteiger partial charge in [-0.3, -0.25) is 0 Å². The molecule has 0 N–H and O–H groups in total. The molecule has 0 aliphatic carbocycles. The summed E-state index contributed by atoms with van der Waals surface area (Å²) in [5.41, 5.74) is -0.417. The van der Waals surface area contributed by atoms with Gasteiger partial charge in [-0.2, -0.15) is 0 Å². The Hall–Kier alpha value is 0.635. The molecule has 0 saturated carbocycles. The number of fused-ring (bicyclic) bond motifs is 2. The first kappa shape index (κ1) is 11.1. The van der Waals surface area contributed by atoms with Crippen molar-refractivity contribution in [2.24, 2.45) is 0 Å². The molecule has 2 aliphatic heterocycles. The van der Waals surface area contributed by atoms with Gasteiger partial charge in [0.25, 0.3) is 0 Å². The maximum absolute atomic E-state index is 5.92. The first-order valence-corrected chi connectivity index (χ1v) is 5.63. The van der Waals surface area contributed by atoms with Crippen molar-refractivity contribution < 1.29 is 17.3 Å². The predicted molar refractivity (Wildman–Crippen MR) is 61.3 cm³/mol. The zero-order valence-corrected chi connectivity index (χ0v) is 10.7. The Morgan fingerprint density at radius 3 is 2.86 bits per heavy atom. The van der Waals surface area contributed by atoms with E-state index in [2.05, 4.69) is 0 Å². The van der Waals surface area contributed by atoms with Crippen LogP contribution in [0.25, 0.3) is 0 Å². The molecule has 5 unspecified atom stereocenters. The standard InChI is InChI=1S/C8H14BIO4/c1-4-8(3-11-2)6(14-10)5(12-4)7(9)13-8/h4-7H,3,9H2,1-2H3. The minimum atomic E-state index is -0.417. The third kappa shape index (κ3) is 1.35. The Morgan fingerprint density at radius 2 is 2.29 bits per heavy atom. The first-order chi connectivity index (χ1) is 6.65. The fourth-order valence-electron chi connectivity index (χ4n) is 2.45. The summed E-state index contributed by atoms with van der Waals surface area (Å²) in [6.45, 7) is 2.52. The molecule has 0 radical (unpaired) electrons. The fraction of sp³-hybridized carbons (Fsp3) is 1.00.